The van der Waals surface area contributed by atoms with Gasteiger partial charge in [0, 0.05) is 97.8 Å². The molecular weight excluding hydrogens is 1290 g/mol. The number of carbonyl (C=O) groups excluding carboxylic acids is 3. The van der Waals surface area contributed by atoms with Crippen molar-refractivity contribution < 1.29 is 28.4 Å². The molecule has 0 aliphatic carbocycles. The third-order valence-corrected chi connectivity index (χ3v) is 16.4. The number of nitrogens with two attached hydrogens (primary N) is 4. The number of anilines is 8. The van der Waals surface area contributed by atoms with Crippen LogP contribution in [0.3, 0.4) is 0 Å². The summed E-state index contributed by atoms with van der Waals surface area (Å²) in [7, 11) is 3.21. The summed E-state index contributed by atoms with van der Waals surface area (Å²) in [6.45, 7) is 16.1. The summed E-state index contributed by atoms with van der Waals surface area (Å²) in [6.07, 6.45) is 7.39. The van der Waals surface area contributed by atoms with Crippen molar-refractivity contribution >= 4 is 108 Å². The Morgan fingerprint density at radius 2 is 1.01 bits per heavy atom. The Hall–Kier alpha value is -12.5. The Morgan fingerprint density at radius 3 is 1.46 bits per heavy atom. The van der Waals surface area contributed by atoms with Gasteiger partial charge in [-0.05, 0) is 158 Å². The van der Waals surface area contributed by atoms with Crippen LogP contribution in [-0.4, -0.2) is 141 Å². The van der Waals surface area contributed by atoms with Gasteiger partial charge in [0.25, 0.3) is 17.7 Å². The van der Waals surface area contributed by atoms with Gasteiger partial charge in [0.05, 0.1) is 75.8 Å². The average molecular weight is 1380 g/mol. The molecule has 8 aromatic heterocycles. The Kier molecular flexibility index (Phi) is 24.3. The van der Waals surface area contributed by atoms with Gasteiger partial charge in [-0.2, -0.15) is 19.9 Å². The molecule has 3 amide bonds. The van der Waals surface area contributed by atoms with Crippen molar-refractivity contribution in [3.63, 3.8) is 0 Å². The van der Waals surface area contributed by atoms with E-state index >= 15 is 0 Å². The van der Waals surface area contributed by atoms with E-state index in [2.05, 4.69) is 86.6 Å². The predicted octanol–water partition coefficient (Wildman–Crippen LogP) is 10.6. The predicted molar refractivity (Wildman–Crippen MR) is 396 cm³/mol. The molecule has 1 fully saturated rings. The van der Waals surface area contributed by atoms with Crippen molar-refractivity contribution in [2.45, 2.75) is 79.1 Å². The molecule has 1 aliphatic heterocycles. The summed E-state index contributed by atoms with van der Waals surface area (Å²) in [5.74, 6) is 4.39. The number of benzene rings is 4. The molecule has 13 N–H and O–H groups in total. The van der Waals surface area contributed by atoms with Crippen LogP contribution in [0.5, 0.6) is 5.75 Å². The van der Waals surface area contributed by atoms with Crippen LogP contribution in [0, 0.1) is 6.92 Å². The quantitative estimate of drug-likeness (QED) is 0.0302. The molecular formula is C73H83N23O6. The Bertz CT molecular complexity index is 4690. The van der Waals surface area contributed by atoms with E-state index in [4.69, 9.17) is 36.9 Å². The number of aromatic nitrogens is 12. The van der Waals surface area contributed by atoms with E-state index in [1.165, 1.54) is 0 Å². The largest absolute Gasteiger partial charge is 0.490 e. The van der Waals surface area contributed by atoms with Crippen molar-refractivity contribution in [1.82, 2.24) is 75.1 Å². The number of aryl methyl sites for hydroxylation is 1. The number of nitrogens with zero attached hydrogens (tertiary/aromatic N) is 14. The van der Waals surface area contributed by atoms with E-state index in [-0.39, 0.29) is 59.6 Å². The van der Waals surface area contributed by atoms with Crippen molar-refractivity contribution in [3.8, 4) is 5.75 Å². The van der Waals surface area contributed by atoms with Gasteiger partial charge in [0.2, 0.25) is 23.8 Å². The number of nitrogens with one attached hydrogen (secondary N) is 5. The van der Waals surface area contributed by atoms with E-state index in [1.807, 2.05) is 150 Å². The summed E-state index contributed by atoms with van der Waals surface area (Å²) < 4.78 is 15.9. The van der Waals surface area contributed by atoms with E-state index in [9.17, 15) is 14.4 Å². The fourth-order valence-corrected chi connectivity index (χ4v) is 11.2. The zero-order valence-electron chi connectivity index (χ0n) is 58.0. The first kappa shape index (κ1) is 72.2. The second-order valence-corrected chi connectivity index (χ2v) is 23.6. The van der Waals surface area contributed by atoms with Crippen LogP contribution in [0.4, 0.5) is 47.1 Å². The molecule has 9 heterocycles. The topological polar surface area (TPSA) is 408 Å². The van der Waals surface area contributed by atoms with Gasteiger partial charge in [-0.15, -0.1) is 0 Å². The number of rotatable bonds is 21. The second kappa shape index (κ2) is 34.3. The first-order chi connectivity index (χ1) is 49.4. The number of likely N-dealkylation sites (tertiary alicyclic amines) is 1. The monoisotopic (exact) mass is 1380 g/mol. The number of hydrogen-bond donors (Lipinski definition) is 9. The summed E-state index contributed by atoms with van der Waals surface area (Å²) in [6, 6.07) is 40.8. The van der Waals surface area contributed by atoms with Crippen molar-refractivity contribution in [2.24, 2.45) is 0 Å². The summed E-state index contributed by atoms with van der Waals surface area (Å²) in [4.78, 5) is 88.2. The van der Waals surface area contributed by atoms with E-state index in [0.29, 0.717) is 101 Å². The SMILES string of the molecule is CCN(CC)C(=O)c1ccc2c(N[C@H](C)c3ccccn3)nc(N)nc2c1.CNC(=O)c1ccc2c(N[C@H](C)c3ccccn3)nc(N)nc2c1.COCCOc1cccc2nc(N)nc(NCc3cc(C)on3)c12.C[C@@H](Nc1nc(N)nc2cc(C(=O)N3CCCC3)ccc12)c1ccccn1. The summed E-state index contributed by atoms with van der Waals surface area (Å²) >= 11 is 0. The van der Waals surface area contributed by atoms with E-state index in [0.717, 1.165) is 76.0 Å². The number of amides is 3. The third kappa shape index (κ3) is 18.4. The second-order valence-electron chi connectivity index (χ2n) is 23.6. The summed E-state index contributed by atoms with van der Waals surface area (Å²) in [5.41, 5.74) is 31.3. The van der Waals surface area contributed by atoms with Crippen molar-refractivity contribution in [2.75, 3.05) is 97.8 Å². The minimum atomic E-state index is -0.176. The van der Waals surface area contributed by atoms with Crippen LogP contribution in [-0.2, 0) is 11.3 Å². The molecule has 0 saturated carbocycles. The minimum Gasteiger partial charge on any atom is -0.490 e. The zero-order chi connectivity index (χ0) is 72.2. The van der Waals surface area contributed by atoms with Crippen molar-refractivity contribution in [1.29, 1.82) is 0 Å². The lowest BCUT2D eigenvalue weighted by atomic mass is 10.1. The highest BCUT2D eigenvalue weighted by Crippen LogP contribution is 2.33. The average Bonchev–Trinajstić information content (AvgIpc) is 0.835. The number of pyridine rings is 3. The van der Waals surface area contributed by atoms with Gasteiger partial charge in [0.1, 0.15) is 47.1 Å². The number of hydrogen-bond acceptors (Lipinski definition) is 26. The van der Waals surface area contributed by atoms with E-state index < -0.39 is 0 Å². The number of ether oxygens (including phenoxy) is 2. The molecule has 1 saturated heterocycles. The molecule has 0 bridgehead atoms. The maximum absolute atomic E-state index is 12.7. The molecule has 12 aromatic rings. The van der Waals surface area contributed by atoms with Crippen LogP contribution in [0.2, 0.25) is 0 Å². The molecule has 13 rings (SSSR count). The zero-order valence-corrected chi connectivity index (χ0v) is 58.0. The van der Waals surface area contributed by atoms with Crippen LogP contribution in [0.25, 0.3) is 43.6 Å². The van der Waals surface area contributed by atoms with Crippen molar-refractivity contribution in [3.05, 3.63) is 197 Å². The van der Waals surface area contributed by atoms with Gasteiger partial charge < -0.3 is 73.3 Å². The lowest BCUT2D eigenvalue weighted by Crippen LogP contribution is -2.30. The van der Waals surface area contributed by atoms with Gasteiger partial charge in [-0.1, -0.05) is 29.4 Å². The Morgan fingerprint density at radius 1 is 0.549 bits per heavy atom. The molecule has 1 aliphatic rings. The van der Waals surface area contributed by atoms with E-state index in [1.54, 1.807) is 68.0 Å². The fourth-order valence-electron chi connectivity index (χ4n) is 11.2. The van der Waals surface area contributed by atoms with Crippen LogP contribution in [0.1, 0.15) is 125 Å². The smallest absolute Gasteiger partial charge is 0.253 e. The molecule has 102 heavy (non-hydrogen) atoms. The Labute approximate surface area is 589 Å². The first-order valence-electron chi connectivity index (χ1n) is 33.3. The minimum absolute atomic E-state index is 0.0181. The highest BCUT2D eigenvalue weighted by Gasteiger charge is 2.23. The van der Waals surface area contributed by atoms with Crippen LogP contribution >= 0.6 is 0 Å². The number of methoxy groups -OCH3 is 1. The van der Waals surface area contributed by atoms with Crippen LogP contribution in [0.15, 0.2) is 157 Å². The summed E-state index contributed by atoms with van der Waals surface area (Å²) in [5, 5.41) is 23.0. The molecule has 4 aromatic carbocycles. The molecule has 0 spiro atoms. The third-order valence-electron chi connectivity index (χ3n) is 16.4. The maximum Gasteiger partial charge on any atom is 0.253 e. The van der Waals surface area contributed by atoms with Gasteiger partial charge >= 0.3 is 0 Å². The van der Waals surface area contributed by atoms with Crippen LogP contribution < -0.4 is 54.3 Å². The maximum atomic E-state index is 12.7. The lowest BCUT2D eigenvalue weighted by Gasteiger charge is -2.19. The van der Waals surface area contributed by atoms with Gasteiger partial charge in [-0.25, -0.2) is 19.9 Å². The standard InChI is InChI=1S/C20H22N6O.C20H24N6O.C17H18N6O.C16H19N5O3/c1-13(16-6-2-3-9-22-16)23-18-15-8-7-14(12-17(15)24-20(21)25-18)19(27)26-10-4-5-11-26;1-4-26(5-2)19(27)14-9-10-15-17(12-14)24-20(21)25-18(15)23-13(3)16-8-6-7-11-22-16;1-10(13-5-3-4-8-20-13)21-15-12-7-6-11(16(24)19-2)9-14(12)22-17(18)23-15;1-10-8-11(21-24-10)9-18-15-14-12(19-16(17)20-15)4-3-5-13(14)23-7-6-22-2/h2-3,6-9,12-13H,4-5,10-11H2,1H3,(H3,21,23,24,25);6-13H,4-5H2,1-3H3,(H3,21,23,24,25);3-10H,1-2H3,(H,19,24)(H3,18,21,22,23);3-5,8H,6-7,9H2,1-2H3,(H3,17,18,19,20)/t2*13-;10-;/m111./s1. The Balaban J connectivity index is 0.000000147. The molecule has 0 unspecified atom stereocenters. The van der Waals surface area contributed by atoms with Gasteiger partial charge in [0.15, 0.2) is 0 Å². The lowest BCUT2D eigenvalue weighted by molar-refractivity contribution is 0.0770. The molecule has 0 radical (unpaired) electrons. The van der Waals surface area contributed by atoms with Gasteiger partial charge in [-0.3, -0.25) is 29.3 Å². The highest BCUT2D eigenvalue weighted by molar-refractivity contribution is 6.02. The highest BCUT2D eigenvalue weighted by atomic mass is 16.5. The molecule has 29 heteroatoms. The fraction of sp³-hybridized carbons (Fsp3) is 0.274. The normalized spacial score (nSPS) is 12.5. The first-order valence-corrected chi connectivity index (χ1v) is 33.3. The molecule has 526 valence electrons. The number of fused-ring (bicyclic) bond motifs is 4. The molecule has 29 nitrogen and oxygen atoms in total. The number of carbonyl (C=O) groups is 3. The molecule has 3 atom stereocenters. The number of nitrogen functional groups attached to an aromatic ring is 4.